The van der Waals surface area contributed by atoms with Gasteiger partial charge in [-0.05, 0) is 83.8 Å². The van der Waals surface area contributed by atoms with Gasteiger partial charge in [-0.15, -0.1) is 0 Å². The molecule has 2 aliphatic heterocycles. The molecule has 0 bridgehead atoms. The molecule has 0 amide bonds. The molecule has 4 nitrogen and oxygen atoms in total. The van der Waals surface area contributed by atoms with Crippen LogP contribution in [0.25, 0.3) is 22.3 Å². The molecular formula is C33H29FO4. The number of hydrogen-bond donors (Lipinski definition) is 1. The van der Waals surface area contributed by atoms with Crippen molar-refractivity contribution in [1.29, 1.82) is 0 Å². The summed E-state index contributed by atoms with van der Waals surface area (Å²) in [5.41, 5.74) is 8.61. The van der Waals surface area contributed by atoms with Crippen LogP contribution in [0.1, 0.15) is 52.7 Å². The van der Waals surface area contributed by atoms with Crippen molar-refractivity contribution in [3.05, 3.63) is 106 Å². The van der Waals surface area contributed by atoms with E-state index in [1.807, 2.05) is 61.5 Å². The van der Waals surface area contributed by atoms with Gasteiger partial charge in [0.25, 0.3) is 0 Å². The zero-order valence-electron chi connectivity index (χ0n) is 21.5. The number of hydrogen-bond acceptors (Lipinski definition) is 3. The van der Waals surface area contributed by atoms with Gasteiger partial charge in [0.2, 0.25) is 0 Å². The van der Waals surface area contributed by atoms with E-state index in [2.05, 4.69) is 19.1 Å². The normalized spacial score (nSPS) is 17.8. The molecule has 2 atom stereocenters. The molecule has 2 heterocycles. The molecule has 4 aromatic rings. The highest BCUT2D eigenvalue weighted by atomic mass is 19.1. The number of carboxylic acids is 1. The summed E-state index contributed by atoms with van der Waals surface area (Å²) in [7, 11) is 0. The minimum absolute atomic E-state index is 0.0371. The maximum atomic E-state index is 15.9. The second kappa shape index (κ2) is 9.64. The first kappa shape index (κ1) is 24.2. The lowest BCUT2D eigenvalue weighted by atomic mass is 9.86. The van der Waals surface area contributed by atoms with Gasteiger partial charge in [-0.1, -0.05) is 48.5 Å². The molecule has 0 saturated heterocycles. The molecule has 192 valence electrons. The number of halogens is 1. The minimum Gasteiger partial charge on any atom is -0.492 e. The summed E-state index contributed by atoms with van der Waals surface area (Å²) in [6.45, 7) is 4.47. The fraction of sp³-hybridized carbons (Fsp3) is 0.242. The molecule has 0 aliphatic carbocycles. The van der Waals surface area contributed by atoms with Crippen LogP contribution < -0.4 is 9.47 Å². The molecule has 1 unspecified atom stereocenters. The van der Waals surface area contributed by atoms with E-state index >= 15 is 4.39 Å². The predicted molar refractivity (Wildman–Crippen MR) is 145 cm³/mol. The zero-order chi connectivity index (χ0) is 26.4. The van der Waals surface area contributed by atoms with Crippen molar-refractivity contribution < 1.29 is 23.8 Å². The minimum atomic E-state index is -0.838. The molecule has 38 heavy (non-hydrogen) atoms. The van der Waals surface area contributed by atoms with Crippen LogP contribution in [-0.4, -0.2) is 17.7 Å². The van der Waals surface area contributed by atoms with Gasteiger partial charge in [0.05, 0.1) is 13.0 Å². The molecule has 0 aromatic heterocycles. The summed E-state index contributed by atoms with van der Waals surface area (Å²) in [5, 5.41) is 9.24. The van der Waals surface area contributed by atoms with Crippen molar-refractivity contribution in [3.63, 3.8) is 0 Å². The Labute approximate surface area is 221 Å². The Morgan fingerprint density at radius 1 is 0.868 bits per heavy atom. The Morgan fingerprint density at radius 2 is 1.53 bits per heavy atom. The first-order chi connectivity index (χ1) is 18.4. The van der Waals surface area contributed by atoms with Gasteiger partial charge in [-0.25, -0.2) is 4.39 Å². The lowest BCUT2D eigenvalue weighted by molar-refractivity contribution is -0.137. The largest absolute Gasteiger partial charge is 0.492 e. The monoisotopic (exact) mass is 508 g/mol. The summed E-state index contributed by atoms with van der Waals surface area (Å²) in [6.07, 6.45) is 0.941. The van der Waals surface area contributed by atoms with Crippen molar-refractivity contribution in [2.75, 3.05) is 6.61 Å². The van der Waals surface area contributed by atoms with Gasteiger partial charge >= 0.3 is 5.97 Å². The Balaban J connectivity index is 1.40. The fourth-order valence-electron chi connectivity index (χ4n) is 5.78. The van der Waals surface area contributed by atoms with Crippen molar-refractivity contribution in [2.45, 2.75) is 45.1 Å². The average molecular weight is 509 g/mol. The van der Waals surface area contributed by atoms with Gasteiger partial charge in [-0.2, -0.15) is 0 Å². The summed E-state index contributed by atoms with van der Waals surface area (Å²) < 4.78 is 28.0. The SMILES string of the molecule is Cc1ccccc1-c1cc(F)c(C2CCc3cc4c(cc3O2)OC[C@H]4CC(=O)O)cc1-c1ccccc1C. The Morgan fingerprint density at radius 3 is 2.18 bits per heavy atom. The average Bonchev–Trinajstić information content (AvgIpc) is 3.28. The van der Waals surface area contributed by atoms with Crippen LogP contribution >= 0.6 is 0 Å². The molecule has 4 aromatic carbocycles. The molecule has 0 radical (unpaired) electrons. The third kappa shape index (κ3) is 4.32. The van der Waals surface area contributed by atoms with E-state index in [0.717, 1.165) is 44.5 Å². The molecule has 0 fully saturated rings. The van der Waals surface area contributed by atoms with Crippen molar-refractivity contribution >= 4 is 5.97 Å². The summed E-state index contributed by atoms with van der Waals surface area (Å²) in [5.74, 6) is 0.0542. The standard InChI is InChI=1S/C33H29FO4/c1-19-7-3-5-9-23(19)26-15-28(29(34)16-27(26)24-10-6-4-8-20(24)2)30-12-11-21-13-25-22(14-33(35)36)18-37-32(25)17-31(21)38-30/h3-10,13,15-17,22,30H,11-12,14,18H2,1-2H3,(H,35,36)/t22-,30?/m1/s1. The van der Waals surface area contributed by atoms with Gasteiger partial charge in [0.15, 0.2) is 0 Å². The number of aryl methyl sites for hydroxylation is 3. The fourth-order valence-corrected chi connectivity index (χ4v) is 5.78. The smallest absolute Gasteiger partial charge is 0.304 e. The quantitative estimate of drug-likeness (QED) is 0.299. The van der Waals surface area contributed by atoms with Gasteiger partial charge < -0.3 is 14.6 Å². The van der Waals surface area contributed by atoms with E-state index < -0.39 is 12.1 Å². The maximum absolute atomic E-state index is 15.9. The van der Waals surface area contributed by atoms with Crippen molar-refractivity contribution in [2.24, 2.45) is 0 Å². The van der Waals surface area contributed by atoms with E-state index in [-0.39, 0.29) is 18.2 Å². The highest BCUT2D eigenvalue weighted by Crippen LogP contribution is 2.46. The number of ether oxygens (including phenoxy) is 2. The van der Waals surface area contributed by atoms with Gasteiger partial charge in [-0.3, -0.25) is 4.79 Å². The van der Waals surface area contributed by atoms with E-state index in [1.165, 1.54) is 0 Å². The molecule has 0 saturated carbocycles. The topological polar surface area (TPSA) is 55.8 Å². The number of benzene rings is 4. The predicted octanol–water partition coefficient (Wildman–Crippen LogP) is 7.79. The first-order valence-electron chi connectivity index (χ1n) is 13.0. The molecule has 5 heteroatoms. The number of carbonyl (C=O) groups is 1. The lowest BCUT2D eigenvalue weighted by Gasteiger charge is -2.28. The van der Waals surface area contributed by atoms with Crippen LogP contribution in [0.5, 0.6) is 11.5 Å². The van der Waals surface area contributed by atoms with Crippen LogP contribution in [0.3, 0.4) is 0 Å². The molecule has 1 N–H and O–H groups in total. The summed E-state index contributed by atoms with van der Waals surface area (Å²) in [6, 6.07) is 23.7. The third-order valence-electron chi connectivity index (χ3n) is 7.79. The zero-order valence-corrected chi connectivity index (χ0v) is 21.5. The summed E-state index contributed by atoms with van der Waals surface area (Å²) >= 11 is 0. The highest BCUT2D eigenvalue weighted by molar-refractivity contribution is 5.86. The first-order valence-corrected chi connectivity index (χ1v) is 13.0. The molecular weight excluding hydrogens is 479 g/mol. The lowest BCUT2D eigenvalue weighted by Crippen LogP contribution is -2.17. The number of rotatable bonds is 5. The van der Waals surface area contributed by atoms with E-state index in [9.17, 15) is 9.90 Å². The van der Waals surface area contributed by atoms with Crippen LogP contribution in [0.15, 0.2) is 72.8 Å². The Bertz CT molecular complexity index is 1560. The second-order valence-corrected chi connectivity index (χ2v) is 10.3. The second-order valence-electron chi connectivity index (χ2n) is 10.3. The van der Waals surface area contributed by atoms with Gasteiger partial charge in [0, 0.05) is 23.1 Å². The van der Waals surface area contributed by atoms with E-state index in [0.29, 0.717) is 36.5 Å². The third-order valence-corrected chi connectivity index (χ3v) is 7.79. The molecule has 2 aliphatic rings. The molecule has 0 spiro atoms. The van der Waals surface area contributed by atoms with Crippen molar-refractivity contribution in [1.82, 2.24) is 0 Å². The van der Waals surface area contributed by atoms with Gasteiger partial charge in [0.1, 0.15) is 23.4 Å². The number of aliphatic carboxylic acids is 1. The van der Waals surface area contributed by atoms with Crippen LogP contribution in [0, 0.1) is 19.7 Å². The van der Waals surface area contributed by atoms with E-state index in [4.69, 9.17) is 9.47 Å². The highest BCUT2D eigenvalue weighted by Gasteiger charge is 2.32. The maximum Gasteiger partial charge on any atom is 0.304 e. The number of carboxylic acid groups (broad SMARTS) is 1. The number of fused-ring (bicyclic) bond motifs is 2. The van der Waals surface area contributed by atoms with Crippen molar-refractivity contribution in [3.8, 4) is 33.8 Å². The Hall–Kier alpha value is -4.12. The Kier molecular flexibility index (Phi) is 6.15. The summed E-state index contributed by atoms with van der Waals surface area (Å²) in [4.78, 5) is 11.3. The van der Waals surface area contributed by atoms with Crippen LogP contribution in [0.4, 0.5) is 4.39 Å². The molecule has 6 rings (SSSR count). The van der Waals surface area contributed by atoms with Crippen LogP contribution in [0.2, 0.25) is 0 Å². The van der Waals surface area contributed by atoms with Crippen LogP contribution in [-0.2, 0) is 11.2 Å². The van der Waals surface area contributed by atoms with E-state index in [1.54, 1.807) is 6.07 Å².